The van der Waals surface area contributed by atoms with Crippen LogP contribution in [-0.2, 0) is 11.0 Å². The van der Waals surface area contributed by atoms with Crippen molar-refractivity contribution < 1.29 is 18.0 Å². The molecule has 0 radical (unpaired) electrons. The fourth-order valence-electron chi connectivity index (χ4n) is 1.79. The number of amides is 1. The summed E-state index contributed by atoms with van der Waals surface area (Å²) < 4.78 is 37.5. The van der Waals surface area contributed by atoms with Crippen LogP contribution in [0.2, 0.25) is 5.02 Å². The molecule has 25 heavy (non-hydrogen) atoms. The molecule has 0 unspecified atom stereocenters. The van der Waals surface area contributed by atoms with Gasteiger partial charge in [0.15, 0.2) is 0 Å². The molecule has 0 saturated carbocycles. The standard InChI is InChI=1S/C17H11ClF3N3O/c18-13-3-7-15(8-4-13)24-16(25)11(9-22)10-23-14-5-1-12(2-6-14)17(19,20)21/h1-8,10,23H,(H,24,25)/b11-10-. The lowest BCUT2D eigenvalue weighted by Crippen LogP contribution is -2.14. The van der Waals surface area contributed by atoms with Crippen LogP contribution in [-0.4, -0.2) is 5.91 Å². The van der Waals surface area contributed by atoms with E-state index in [1.807, 2.05) is 0 Å². The Bertz CT molecular complexity index is 822. The van der Waals surface area contributed by atoms with Crippen molar-refractivity contribution >= 4 is 28.9 Å². The van der Waals surface area contributed by atoms with Gasteiger partial charge in [0.25, 0.3) is 5.91 Å². The zero-order chi connectivity index (χ0) is 18.4. The van der Waals surface area contributed by atoms with E-state index in [2.05, 4.69) is 10.6 Å². The zero-order valence-corrected chi connectivity index (χ0v) is 13.3. The highest BCUT2D eigenvalue weighted by atomic mass is 35.5. The van der Waals surface area contributed by atoms with E-state index < -0.39 is 17.6 Å². The molecular weight excluding hydrogens is 355 g/mol. The molecule has 0 aliphatic rings. The maximum absolute atomic E-state index is 12.5. The number of hydrogen-bond donors (Lipinski definition) is 2. The Labute approximate surface area is 146 Å². The topological polar surface area (TPSA) is 64.9 Å². The molecule has 0 fully saturated rings. The van der Waals surface area contributed by atoms with Gasteiger partial charge in [-0.1, -0.05) is 11.6 Å². The van der Waals surface area contributed by atoms with E-state index in [4.69, 9.17) is 16.9 Å². The van der Waals surface area contributed by atoms with Crippen molar-refractivity contribution in [2.45, 2.75) is 6.18 Å². The van der Waals surface area contributed by atoms with Crippen molar-refractivity contribution in [1.29, 1.82) is 5.26 Å². The summed E-state index contributed by atoms with van der Waals surface area (Å²) in [5, 5.41) is 14.7. The Kier molecular flexibility index (Phi) is 5.67. The minimum Gasteiger partial charge on any atom is -0.360 e. The lowest BCUT2D eigenvalue weighted by atomic mass is 10.2. The Morgan fingerprint density at radius 2 is 1.60 bits per heavy atom. The van der Waals surface area contributed by atoms with Gasteiger partial charge >= 0.3 is 6.18 Å². The first-order chi connectivity index (χ1) is 11.8. The van der Waals surface area contributed by atoms with Gasteiger partial charge in [-0.2, -0.15) is 18.4 Å². The molecule has 0 aliphatic heterocycles. The minimum atomic E-state index is -4.43. The van der Waals surface area contributed by atoms with Crippen LogP contribution in [0.4, 0.5) is 24.5 Å². The van der Waals surface area contributed by atoms with Gasteiger partial charge in [0.1, 0.15) is 11.6 Å². The quantitative estimate of drug-likeness (QED) is 0.603. The van der Waals surface area contributed by atoms with E-state index in [1.165, 1.54) is 12.1 Å². The van der Waals surface area contributed by atoms with Crippen molar-refractivity contribution in [3.8, 4) is 6.07 Å². The summed E-state index contributed by atoms with van der Waals surface area (Å²) in [6, 6.07) is 12.2. The number of alkyl halides is 3. The van der Waals surface area contributed by atoms with Crippen molar-refractivity contribution in [3.05, 3.63) is 70.9 Å². The number of benzene rings is 2. The molecule has 1 amide bonds. The number of carbonyl (C=O) groups is 1. The summed E-state index contributed by atoms with van der Waals surface area (Å²) in [7, 11) is 0. The first kappa shape index (κ1) is 18.4. The molecular formula is C17H11ClF3N3O. The van der Waals surface area contributed by atoms with Crippen LogP contribution in [0.5, 0.6) is 0 Å². The first-order valence-electron chi connectivity index (χ1n) is 6.90. The molecule has 0 heterocycles. The fourth-order valence-corrected chi connectivity index (χ4v) is 1.92. The third-order valence-electron chi connectivity index (χ3n) is 3.06. The summed E-state index contributed by atoms with van der Waals surface area (Å²) in [5.74, 6) is -0.663. The molecule has 4 nitrogen and oxygen atoms in total. The van der Waals surface area contributed by atoms with Crippen molar-refractivity contribution in [1.82, 2.24) is 0 Å². The molecule has 0 aromatic heterocycles. The maximum Gasteiger partial charge on any atom is 0.416 e. The van der Waals surface area contributed by atoms with E-state index in [0.717, 1.165) is 18.3 Å². The number of nitrogens with one attached hydrogen (secondary N) is 2. The highest BCUT2D eigenvalue weighted by Crippen LogP contribution is 2.29. The van der Waals surface area contributed by atoms with Gasteiger partial charge < -0.3 is 10.6 Å². The zero-order valence-electron chi connectivity index (χ0n) is 12.6. The smallest absolute Gasteiger partial charge is 0.360 e. The molecule has 0 spiro atoms. The number of rotatable bonds is 4. The number of halogens is 4. The van der Waals surface area contributed by atoms with E-state index >= 15 is 0 Å². The van der Waals surface area contributed by atoms with Gasteiger partial charge in [-0.15, -0.1) is 0 Å². The number of hydrogen-bond acceptors (Lipinski definition) is 3. The lowest BCUT2D eigenvalue weighted by Gasteiger charge is -2.08. The SMILES string of the molecule is N#C/C(=C/Nc1ccc(C(F)(F)F)cc1)C(=O)Nc1ccc(Cl)cc1. The maximum atomic E-state index is 12.5. The predicted molar refractivity (Wildman–Crippen MR) is 88.8 cm³/mol. The van der Waals surface area contributed by atoms with E-state index in [9.17, 15) is 18.0 Å². The van der Waals surface area contributed by atoms with Crippen molar-refractivity contribution in [2.24, 2.45) is 0 Å². The number of nitrogens with zero attached hydrogens (tertiary/aromatic N) is 1. The fraction of sp³-hybridized carbons (Fsp3) is 0.0588. The molecule has 2 aromatic rings. The largest absolute Gasteiger partial charge is 0.416 e. The number of carbonyl (C=O) groups excluding carboxylic acids is 1. The first-order valence-corrected chi connectivity index (χ1v) is 7.28. The van der Waals surface area contributed by atoms with Crippen LogP contribution < -0.4 is 10.6 Å². The summed E-state index contributed by atoms with van der Waals surface area (Å²) in [6.07, 6.45) is -3.31. The lowest BCUT2D eigenvalue weighted by molar-refractivity contribution is -0.137. The van der Waals surface area contributed by atoms with Crippen molar-refractivity contribution in [3.63, 3.8) is 0 Å². The molecule has 0 bridgehead atoms. The molecule has 2 rings (SSSR count). The summed E-state index contributed by atoms with van der Waals surface area (Å²) in [5.41, 5.74) is -0.275. The van der Waals surface area contributed by atoms with Crippen LogP contribution in [0.15, 0.2) is 60.3 Å². The van der Waals surface area contributed by atoms with Crippen LogP contribution >= 0.6 is 11.6 Å². The molecule has 128 valence electrons. The van der Waals surface area contributed by atoms with Crippen LogP contribution in [0.25, 0.3) is 0 Å². The third-order valence-corrected chi connectivity index (χ3v) is 3.31. The number of anilines is 2. The van der Waals surface area contributed by atoms with Gasteiger partial charge in [0, 0.05) is 22.6 Å². The van der Waals surface area contributed by atoms with Gasteiger partial charge in [-0.3, -0.25) is 4.79 Å². The second kappa shape index (κ2) is 7.73. The monoisotopic (exact) mass is 365 g/mol. The van der Waals surface area contributed by atoms with Gasteiger partial charge in [0.05, 0.1) is 5.56 Å². The number of nitriles is 1. The van der Waals surface area contributed by atoms with Crippen LogP contribution in [0, 0.1) is 11.3 Å². The molecule has 2 aromatic carbocycles. The summed E-state index contributed by atoms with van der Waals surface area (Å²) >= 11 is 5.74. The predicted octanol–water partition coefficient (Wildman–Crippen LogP) is 4.82. The normalized spacial score (nSPS) is 11.6. The molecule has 2 N–H and O–H groups in total. The second-order valence-corrected chi connectivity index (χ2v) is 5.29. The minimum absolute atomic E-state index is 0.241. The molecule has 0 saturated heterocycles. The Morgan fingerprint density at radius 1 is 1.04 bits per heavy atom. The second-order valence-electron chi connectivity index (χ2n) is 4.85. The van der Waals surface area contributed by atoms with Gasteiger partial charge in [-0.05, 0) is 48.5 Å². The highest BCUT2D eigenvalue weighted by Gasteiger charge is 2.29. The van der Waals surface area contributed by atoms with E-state index in [0.29, 0.717) is 16.4 Å². The molecule has 0 aliphatic carbocycles. The Morgan fingerprint density at radius 3 is 2.12 bits per heavy atom. The molecule has 0 atom stereocenters. The molecule has 8 heteroatoms. The average molecular weight is 366 g/mol. The highest BCUT2D eigenvalue weighted by molar-refractivity contribution is 6.30. The van der Waals surface area contributed by atoms with Crippen LogP contribution in [0.1, 0.15) is 5.56 Å². The Balaban J connectivity index is 2.05. The summed E-state index contributed by atoms with van der Waals surface area (Å²) in [4.78, 5) is 12.0. The Hall–Kier alpha value is -2.98. The van der Waals surface area contributed by atoms with Crippen molar-refractivity contribution in [2.75, 3.05) is 10.6 Å². The third kappa shape index (κ3) is 5.26. The van der Waals surface area contributed by atoms with E-state index in [-0.39, 0.29) is 5.57 Å². The summed E-state index contributed by atoms with van der Waals surface area (Å²) in [6.45, 7) is 0. The van der Waals surface area contributed by atoms with E-state index in [1.54, 1.807) is 30.3 Å². The van der Waals surface area contributed by atoms with Gasteiger partial charge in [-0.25, -0.2) is 0 Å². The van der Waals surface area contributed by atoms with Gasteiger partial charge in [0.2, 0.25) is 0 Å². The van der Waals surface area contributed by atoms with Crippen LogP contribution in [0.3, 0.4) is 0 Å². The average Bonchev–Trinajstić information content (AvgIpc) is 2.57.